The molecule has 0 fully saturated rings. The van der Waals surface area contributed by atoms with Gasteiger partial charge in [-0.15, -0.1) is 0 Å². The summed E-state index contributed by atoms with van der Waals surface area (Å²) < 4.78 is 5.35. The average molecular weight is 291 g/mol. The van der Waals surface area contributed by atoms with E-state index in [1.54, 1.807) is 18.2 Å². The van der Waals surface area contributed by atoms with Crippen LogP contribution < -0.4 is 15.8 Å². The van der Waals surface area contributed by atoms with Crippen LogP contribution in [0.25, 0.3) is 0 Å². The molecule has 0 aromatic heterocycles. The zero-order chi connectivity index (χ0) is 14.4. The van der Waals surface area contributed by atoms with Gasteiger partial charge in [0.05, 0.1) is 5.69 Å². The normalized spacial score (nSPS) is 10.1. The van der Waals surface area contributed by atoms with Gasteiger partial charge in [-0.25, -0.2) is 0 Å². The smallest absolute Gasteiger partial charge is 0.258 e. The number of ether oxygens (including phenoxy) is 1. The third-order valence-electron chi connectivity index (χ3n) is 2.67. The molecule has 2 aromatic carbocycles. The van der Waals surface area contributed by atoms with Crippen molar-refractivity contribution in [2.24, 2.45) is 0 Å². The van der Waals surface area contributed by atoms with E-state index in [2.05, 4.69) is 5.32 Å². The van der Waals surface area contributed by atoms with Gasteiger partial charge < -0.3 is 15.8 Å². The molecule has 0 bridgehead atoms. The molecular formula is C15H15ClN2O2. The molecule has 0 aliphatic rings. The lowest BCUT2D eigenvalue weighted by atomic mass is 10.2. The van der Waals surface area contributed by atoms with Crippen molar-refractivity contribution in [1.29, 1.82) is 0 Å². The van der Waals surface area contributed by atoms with Crippen molar-refractivity contribution in [2.45, 2.75) is 6.54 Å². The Balaban J connectivity index is 1.82. The van der Waals surface area contributed by atoms with E-state index in [1.807, 2.05) is 30.3 Å². The predicted octanol–water partition coefficient (Wildman–Crippen LogP) is 2.62. The van der Waals surface area contributed by atoms with Crippen molar-refractivity contribution >= 4 is 23.2 Å². The molecule has 0 saturated heterocycles. The first kappa shape index (κ1) is 14.2. The van der Waals surface area contributed by atoms with Gasteiger partial charge >= 0.3 is 0 Å². The summed E-state index contributed by atoms with van der Waals surface area (Å²) in [7, 11) is 0. The minimum Gasteiger partial charge on any atom is -0.482 e. The van der Waals surface area contributed by atoms with E-state index in [9.17, 15) is 4.79 Å². The molecule has 0 radical (unpaired) electrons. The summed E-state index contributed by atoms with van der Waals surface area (Å²) in [5, 5.41) is 3.28. The maximum absolute atomic E-state index is 11.7. The fourth-order valence-corrected chi connectivity index (χ4v) is 1.79. The molecule has 4 nitrogen and oxygen atoms in total. The number of carbonyl (C=O) groups is 1. The first-order chi connectivity index (χ1) is 9.65. The summed E-state index contributed by atoms with van der Waals surface area (Å²) in [6.45, 7) is 0.367. The Labute approximate surface area is 122 Å². The van der Waals surface area contributed by atoms with E-state index >= 15 is 0 Å². The second kappa shape index (κ2) is 6.82. The predicted molar refractivity (Wildman–Crippen MR) is 79.6 cm³/mol. The second-order valence-corrected chi connectivity index (χ2v) is 4.67. The van der Waals surface area contributed by atoms with Gasteiger partial charge in [-0.3, -0.25) is 4.79 Å². The Kier molecular flexibility index (Phi) is 4.85. The summed E-state index contributed by atoms with van der Waals surface area (Å²) in [4.78, 5) is 11.7. The summed E-state index contributed by atoms with van der Waals surface area (Å²) in [6.07, 6.45) is 0. The highest BCUT2D eigenvalue weighted by Gasteiger charge is 2.06. The quantitative estimate of drug-likeness (QED) is 0.832. The maximum Gasteiger partial charge on any atom is 0.258 e. The monoisotopic (exact) mass is 290 g/mol. The highest BCUT2D eigenvalue weighted by Crippen LogP contribution is 2.25. The van der Waals surface area contributed by atoms with Gasteiger partial charge in [0.2, 0.25) is 0 Å². The minimum atomic E-state index is -0.215. The topological polar surface area (TPSA) is 64.3 Å². The number of rotatable bonds is 5. The number of nitrogens with two attached hydrogens (primary N) is 1. The molecule has 3 N–H and O–H groups in total. The summed E-state index contributed by atoms with van der Waals surface area (Å²) in [5.41, 5.74) is 7.21. The van der Waals surface area contributed by atoms with E-state index in [4.69, 9.17) is 22.1 Å². The number of nitrogen functional groups attached to an aromatic ring is 1. The molecule has 1 amide bonds. The lowest BCUT2D eigenvalue weighted by Gasteiger charge is -2.09. The summed E-state index contributed by atoms with van der Waals surface area (Å²) >= 11 is 5.84. The first-order valence-electron chi connectivity index (χ1n) is 6.13. The second-order valence-electron chi connectivity index (χ2n) is 4.23. The molecule has 0 heterocycles. The molecular weight excluding hydrogens is 276 g/mol. The molecule has 2 aromatic rings. The Morgan fingerprint density at radius 3 is 2.70 bits per heavy atom. The van der Waals surface area contributed by atoms with Gasteiger partial charge in [0, 0.05) is 17.6 Å². The number of anilines is 1. The van der Waals surface area contributed by atoms with Gasteiger partial charge in [0.1, 0.15) is 5.75 Å². The van der Waals surface area contributed by atoms with E-state index in [0.29, 0.717) is 23.0 Å². The van der Waals surface area contributed by atoms with Crippen LogP contribution in [0.2, 0.25) is 5.02 Å². The fraction of sp³-hybridized carbons (Fsp3) is 0.133. The molecule has 0 spiro atoms. The lowest BCUT2D eigenvalue weighted by Crippen LogP contribution is -2.28. The number of hydrogen-bond donors (Lipinski definition) is 2. The fourth-order valence-electron chi connectivity index (χ4n) is 1.62. The average Bonchev–Trinajstić information content (AvgIpc) is 2.47. The van der Waals surface area contributed by atoms with Crippen molar-refractivity contribution in [2.75, 3.05) is 12.3 Å². The molecule has 0 aliphatic heterocycles. The molecule has 0 saturated carbocycles. The van der Waals surface area contributed by atoms with Gasteiger partial charge in [-0.05, 0) is 17.7 Å². The van der Waals surface area contributed by atoms with Crippen LogP contribution in [0.4, 0.5) is 5.69 Å². The van der Waals surface area contributed by atoms with Crippen LogP contribution in [0.1, 0.15) is 5.56 Å². The molecule has 0 atom stereocenters. The number of nitrogens with one attached hydrogen (secondary N) is 1. The van der Waals surface area contributed by atoms with Crippen molar-refractivity contribution < 1.29 is 9.53 Å². The van der Waals surface area contributed by atoms with E-state index in [1.165, 1.54) is 0 Å². The molecule has 0 aliphatic carbocycles. The van der Waals surface area contributed by atoms with Gasteiger partial charge in [0.15, 0.2) is 6.61 Å². The van der Waals surface area contributed by atoms with E-state index in [0.717, 1.165) is 5.56 Å². The van der Waals surface area contributed by atoms with Crippen molar-refractivity contribution in [1.82, 2.24) is 5.32 Å². The van der Waals surface area contributed by atoms with Crippen LogP contribution in [0.15, 0.2) is 48.5 Å². The minimum absolute atomic E-state index is 0.0998. The van der Waals surface area contributed by atoms with Gasteiger partial charge in [0.25, 0.3) is 5.91 Å². The number of benzene rings is 2. The number of amides is 1. The Hall–Kier alpha value is -2.20. The number of halogens is 1. The van der Waals surface area contributed by atoms with Crippen molar-refractivity contribution in [3.8, 4) is 5.75 Å². The van der Waals surface area contributed by atoms with Gasteiger partial charge in [-0.2, -0.15) is 0 Å². The third kappa shape index (κ3) is 4.17. The van der Waals surface area contributed by atoms with Crippen molar-refractivity contribution in [3.05, 3.63) is 59.1 Å². The molecule has 5 heteroatoms. The van der Waals surface area contributed by atoms with Crippen LogP contribution in [0, 0.1) is 0 Å². The van der Waals surface area contributed by atoms with Crippen LogP contribution >= 0.6 is 11.6 Å². The Morgan fingerprint density at radius 2 is 1.95 bits per heavy atom. The first-order valence-corrected chi connectivity index (χ1v) is 6.51. The number of hydrogen-bond acceptors (Lipinski definition) is 3. The van der Waals surface area contributed by atoms with E-state index < -0.39 is 0 Å². The highest BCUT2D eigenvalue weighted by atomic mass is 35.5. The molecule has 20 heavy (non-hydrogen) atoms. The van der Waals surface area contributed by atoms with Crippen LogP contribution in [0.5, 0.6) is 5.75 Å². The summed E-state index contributed by atoms with van der Waals surface area (Å²) in [5.74, 6) is 0.195. The zero-order valence-corrected chi connectivity index (χ0v) is 11.6. The van der Waals surface area contributed by atoms with Gasteiger partial charge in [-0.1, -0.05) is 41.9 Å². The lowest BCUT2D eigenvalue weighted by molar-refractivity contribution is -0.123. The van der Waals surface area contributed by atoms with E-state index in [-0.39, 0.29) is 12.5 Å². The molecule has 0 unspecified atom stereocenters. The maximum atomic E-state index is 11.7. The molecule has 2 rings (SSSR count). The van der Waals surface area contributed by atoms with Crippen LogP contribution in [-0.2, 0) is 11.3 Å². The number of carbonyl (C=O) groups excluding carboxylic acids is 1. The zero-order valence-electron chi connectivity index (χ0n) is 10.8. The molecule has 104 valence electrons. The van der Waals surface area contributed by atoms with Crippen molar-refractivity contribution in [3.63, 3.8) is 0 Å². The largest absolute Gasteiger partial charge is 0.482 e. The Bertz CT molecular complexity index is 588. The van der Waals surface area contributed by atoms with Crippen LogP contribution in [-0.4, -0.2) is 12.5 Å². The standard InChI is InChI=1S/C15H15ClN2O2/c16-12-6-7-13(17)14(8-12)20-10-15(19)18-9-11-4-2-1-3-5-11/h1-8H,9-10,17H2,(H,18,19). The van der Waals surface area contributed by atoms with Crippen LogP contribution in [0.3, 0.4) is 0 Å². The SMILES string of the molecule is Nc1ccc(Cl)cc1OCC(=O)NCc1ccccc1. The third-order valence-corrected chi connectivity index (χ3v) is 2.90. The summed E-state index contributed by atoms with van der Waals surface area (Å²) in [6, 6.07) is 14.5. The highest BCUT2D eigenvalue weighted by molar-refractivity contribution is 6.30. The Morgan fingerprint density at radius 1 is 1.20 bits per heavy atom.